The minimum atomic E-state index is 0.630. The summed E-state index contributed by atoms with van der Waals surface area (Å²) in [5, 5.41) is 10.3. The van der Waals surface area contributed by atoms with Crippen molar-refractivity contribution >= 4 is 11.3 Å². The van der Waals surface area contributed by atoms with E-state index in [-0.39, 0.29) is 0 Å². The Balaban J connectivity index is 2.23. The first kappa shape index (κ1) is 8.33. The Morgan fingerprint density at radius 3 is 2.85 bits per heavy atom. The van der Waals surface area contributed by atoms with Gasteiger partial charge in [-0.25, -0.2) is 4.98 Å². The van der Waals surface area contributed by atoms with Crippen molar-refractivity contribution in [3.63, 3.8) is 0 Å². The molecule has 0 radical (unpaired) electrons. The second-order valence-electron chi connectivity index (χ2n) is 2.53. The Labute approximate surface area is 79.2 Å². The highest BCUT2D eigenvalue weighted by molar-refractivity contribution is 7.12. The Morgan fingerprint density at radius 1 is 1.38 bits per heavy atom. The lowest BCUT2D eigenvalue weighted by molar-refractivity contribution is 0.916. The van der Waals surface area contributed by atoms with E-state index in [0.717, 1.165) is 17.2 Å². The maximum absolute atomic E-state index is 5.42. The summed E-state index contributed by atoms with van der Waals surface area (Å²) < 4.78 is 1.78. The number of hydrogen-bond donors (Lipinski definition) is 1. The maximum atomic E-state index is 5.42. The molecule has 2 rings (SSSR count). The maximum Gasteiger partial charge on any atom is 0.196 e. The van der Waals surface area contributed by atoms with Gasteiger partial charge in [-0.3, -0.25) is 4.57 Å². The third-order valence-corrected chi connectivity index (χ3v) is 2.48. The lowest BCUT2D eigenvalue weighted by Gasteiger charge is -1.91. The molecule has 2 aromatic heterocycles. The van der Waals surface area contributed by atoms with Crippen molar-refractivity contribution < 1.29 is 0 Å². The smallest absolute Gasteiger partial charge is 0.196 e. The van der Waals surface area contributed by atoms with Crippen LogP contribution in [0.4, 0.5) is 0 Å². The molecule has 6 heteroatoms. The zero-order valence-corrected chi connectivity index (χ0v) is 7.74. The molecule has 0 saturated heterocycles. The summed E-state index contributed by atoms with van der Waals surface area (Å²) in [6, 6.07) is 0. The van der Waals surface area contributed by atoms with E-state index in [1.165, 1.54) is 0 Å². The number of nitrogens with two attached hydrogens (primary N) is 1. The van der Waals surface area contributed by atoms with Gasteiger partial charge in [-0.15, -0.1) is 21.5 Å². The summed E-state index contributed by atoms with van der Waals surface area (Å²) in [6.45, 7) is 0.630. The van der Waals surface area contributed by atoms with Gasteiger partial charge in [0.05, 0.1) is 5.69 Å². The first-order valence-electron chi connectivity index (χ1n) is 3.89. The first-order chi connectivity index (χ1) is 6.40. The van der Waals surface area contributed by atoms with E-state index in [0.29, 0.717) is 6.54 Å². The molecule has 0 aliphatic heterocycles. The van der Waals surface area contributed by atoms with Crippen molar-refractivity contribution in [1.82, 2.24) is 19.7 Å². The number of nitrogens with zero attached hydrogens (tertiary/aromatic N) is 4. The minimum absolute atomic E-state index is 0.630. The third kappa shape index (κ3) is 1.73. The lowest BCUT2D eigenvalue weighted by Crippen LogP contribution is -2.03. The molecule has 0 fully saturated rings. The molecule has 2 N–H and O–H groups in total. The van der Waals surface area contributed by atoms with E-state index >= 15 is 0 Å². The molecule has 0 amide bonds. The number of aromatic nitrogens is 4. The first-order valence-corrected chi connectivity index (χ1v) is 4.77. The fraction of sp³-hybridized carbons (Fsp3) is 0.286. The Hall–Kier alpha value is -1.27. The molecular weight excluding hydrogens is 186 g/mol. The van der Waals surface area contributed by atoms with Crippen LogP contribution in [0.5, 0.6) is 0 Å². The predicted molar refractivity (Wildman–Crippen MR) is 49.8 cm³/mol. The third-order valence-electron chi connectivity index (χ3n) is 1.58. The second-order valence-corrected chi connectivity index (χ2v) is 3.37. The van der Waals surface area contributed by atoms with Gasteiger partial charge in [-0.2, -0.15) is 0 Å². The second kappa shape index (κ2) is 3.63. The SMILES string of the molecule is NCCc1csc(-n2cnnc2)n1. The highest BCUT2D eigenvalue weighted by Gasteiger charge is 2.02. The van der Waals surface area contributed by atoms with Crippen LogP contribution in [-0.2, 0) is 6.42 Å². The molecular formula is C7H9N5S. The monoisotopic (exact) mass is 195 g/mol. The molecule has 0 saturated carbocycles. The summed E-state index contributed by atoms with van der Waals surface area (Å²) in [5.41, 5.74) is 6.45. The van der Waals surface area contributed by atoms with Crippen LogP contribution in [-0.4, -0.2) is 26.3 Å². The van der Waals surface area contributed by atoms with Crippen LogP contribution in [0.25, 0.3) is 5.13 Å². The average Bonchev–Trinajstić information content (AvgIpc) is 2.70. The average molecular weight is 195 g/mol. The summed E-state index contributed by atoms with van der Waals surface area (Å²) in [4.78, 5) is 4.36. The fourth-order valence-corrected chi connectivity index (χ4v) is 1.78. The quantitative estimate of drug-likeness (QED) is 0.761. The Morgan fingerprint density at radius 2 is 2.15 bits per heavy atom. The zero-order chi connectivity index (χ0) is 9.10. The molecule has 5 nitrogen and oxygen atoms in total. The van der Waals surface area contributed by atoms with Crippen molar-refractivity contribution in [1.29, 1.82) is 0 Å². The van der Waals surface area contributed by atoms with Crippen LogP contribution < -0.4 is 5.73 Å². The minimum Gasteiger partial charge on any atom is -0.330 e. The molecule has 0 unspecified atom stereocenters. The Kier molecular flexibility index (Phi) is 2.33. The highest BCUT2D eigenvalue weighted by atomic mass is 32.1. The summed E-state index contributed by atoms with van der Waals surface area (Å²) >= 11 is 1.56. The zero-order valence-electron chi connectivity index (χ0n) is 6.92. The molecule has 2 aromatic rings. The van der Waals surface area contributed by atoms with Crippen molar-refractivity contribution in [2.24, 2.45) is 5.73 Å². The van der Waals surface area contributed by atoms with Gasteiger partial charge in [0.15, 0.2) is 5.13 Å². The van der Waals surface area contributed by atoms with Gasteiger partial charge in [0.1, 0.15) is 12.7 Å². The number of thiazole rings is 1. The summed E-state index contributed by atoms with van der Waals surface area (Å²) in [5.74, 6) is 0. The normalized spacial score (nSPS) is 10.5. The molecule has 0 aliphatic rings. The molecule has 0 atom stereocenters. The van der Waals surface area contributed by atoms with Gasteiger partial charge in [0.2, 0.25) is 0 Å². The van der Waals surface area contributed by atoms with Crippen molar-refractivity contribution in [3.8, 4) is 5.13 Å². The molecule has 2 heterocycles. The van der Waals surface area contributed by atoms with E-state index < -0.39 is 0 Å². The molecule has 0 aromatic carbocycles. The van der Waals surface area contributed by atoms with Crippen LogP contribution in [0, 0.1) is 0 Å². The molecule has 0 spiro atoms. The fourth-order valence-electron chi connectivity index (χ4n) is 0.977. The highest BCUT2D eigenvalue weighted by Crippen LogP contribution is 2.13. The molecule has 0 aliphatic carbocycles. The summed E-state index contributed by atoms with van der Waals surface area (Å²) in [6.07, 6.45) is 4.08. The Bertz CT molecular complexity index is 366. The summed E-state index contributed by atoms with van der Waals surface area (Å²) in [7, 11) is 0. The van der Waals surface area contributed by atoms with Crippen LogP contribution >= 0.6 is 11.3 Å². The standard InChI is InChI=1S/C7H9N5S/c8-2-1-6-3-13-7(11-6)12-4-9-10-5-12/h3-5H,1-2,8H2. The van der Waals surface area contributed by atoms with Crippen molar-refractivity contribution in [3.05, 3.63) is 23.7 Å². The van der Waals surface area contributed by atoms with Crippen LogP contribution in [0.2, 0.25) is 0 Å². The van der Waals surface area contributed by atoms with E-state index in [9.17, 15) is 0 Å². The molecule has 68 valence electrons. The topological polar surface area (TPSA) is 69.6 Å². The largest absolute Gasteiger partial charge is 0.330 e. The lowest BCUT2D eigenvalue weighted by atomic mass is 10.3. The van der Waals surface area contributed by atoms with Crippen LogP contribution in [0.3, 0.4) is 0 Å². The van der Waals surface area contributed by atoms with E-state index in [4.69, 9.17) is 5.73 Å². The van der Waals surface area contributed by atoms with E-state index in [1.54, 1.807) is 28.6 Å². The van der Waals surface area contributed by atoms with Gasteiger partial charge >= 0.3 is 0 Å². The van der Waals surface area contributed by atoms with Crippen LogP contribution in [0.15, 0.2) is 18.0 Å². The van der Waals surface area contributed by atoms with Gasteiger partial charge in [-0.05, 0) is 6.54 Å². The molecule has 0 bridgehead atoms. The van der Waals surface area contributed by atoms with Crippen molar-refractivity contribution in [2.75, 3.05) is 6.54 Å². The van der Waals surface area contributed by atoms with Gasteiger partial charge < -0.3 is 5.73 Å². The van der Waals surface area contributed by atoms with Crippen LogP contribution in [0.1, 0.15) is 5.69 Å². The van der Waals surface area contributed by atoms with Gasteiger partial charge in [-0.1, -0.05) is 0 Å². The molecule has 13 heavy (non-hydrogen) atoms. The van der Waals surface area contributed by atoms with Gasteiger partial charge in [0, 0.05) is 11.8 Å². The van der Waals surface area contributed by atoms with Gasteiger partial charge in [0.25, 0.3) is 0 Å². The number of rotatable bonds is 3. The predicted octanol–water partition coefficient (Wildman–Crippen LogP) is 0.225. The van der Waals surface area contributed by atoms with Crippen molar-refractivity contribution in [2.45, 2.75) is 6.42 Å². The number of hydrogen-bond acceptors (Lipinski definition) is 5. The van der Waals surface area contributed by atoms with E-state index in [1.807, 2.05) is 5.38 Å². The van der Waals surface area contributed by atoms with E-state index in [2.05, 4.69) is 15.2 Å².